The molecule has 0 radical (unpaired) electrons. The zero-order valence-electron chi connectivity index (χ0n) is 19.3. The molecule has 5 rings (SSSR count). The fourth-order valence-corrected chi connectivity index (χ4v) is 5.14. The maximum atomic E-state index is 13.1. The number of likely N-dealkylation sites (tertiary alicyclic amines) is 1. The Morgan fingerprint density at radius 2 is 1.63 bits per heavy atom. The molecule has 3 heterocycles. The maximum Gasteiger partial charge on any atom is 0.222 e. The van der Waals surface area contributed by atoms with Gasteiger partial charge < -0.3 is 14.4 Å². The fourth-order valence-electron chi connectivity index (χ4n) is 4.85. The van der Waals surface area contributed by atoms with Gasteiger partial charge in [-0.2, -0.15) is 0 Å². The fraction of sp³-hybridized carbons (Fsp3) is 0.286. The van der Waals surface area contributed by atoms with Gasteiger partial charge in [0.05, 0.1) is 22.0 Å². The van der Waals surface area contributed by atoms with Crippen LogP contribution in [0.2, 0.25) is 10.0 Å². The van der Waals surface area contributed by atoms with Crippen LogP contribution in [0.3, 0.4) is 0 Å². The largest absolute Gasteiger partial charge is 0.389 e. The number of halogens is 2. The lowest BCUT2D eigenvalue weighted by Gasteiger charge is -2.38. The van der Waals surface area contributed by atoms with Crippen molar-refractivity contribution in [3.05, 3.63) is 94.2 Å². The predicted molar refractivity (Wildman–Crippen MR) is 140 cm³/mol. The van der Waals surface area contributed by atoms with Gasteiger partial charge in [-0.05, 0) is 49.1 Å². The lowest BCUT2D eigenvalue weighted by atomic mass is 9.85. The molecule has 1 fully saturated rings. The minimum atomic E-state index is -0.766. The second-order valence-corrected chi connectivity index (χ2v) is 10.1. The molecule has 0 unspecified atom stereocenters. The highest BCUT2D eigenvalue weighted by atomic mass is 35.5. The van der Waals surface area contributed by atoms with Crippen LogP contribution in [0.5, 0.6) is 0 Å². The quantitative estimate of drug-likeness (QED) is 0.356. The van der Waals surface area contributed by atoms with Crippen molar-refractivity contribution in [3.63, 3.8) is 0 Å². The van der Waals surface area contributed by atoms with Crippen molar-refractivity contribution < 1.29 is 9.90 Å². The number of carbonyl (C=O) groups excluding carboxylic acids is 1. The van der Waals surface area contributed by atoms with Crippen LogP contribution in [0.4, 0.5) is 0 Å². The number of aromatic nitrogens is 2. The minimum absolute atomic E-state index is 0.0887. The number of hydrogen-bond acceptors (Lipinski definition) is 3. The van der Waals surface area contributed by atoms with Gasteiger partial charge in [0, 0.05) is 42.7 Å². The molecule has 5 nitrogen and oxygen atoms in total. The van der Waals surface area contributed by atoms with E-state index >= 15 is 0 Å². The molecule has 1 aliphatic rings. The first kappa shape index (κ1) is 23.9. The minimum Gasteiger partial charge on any atom is -0.389 e. The van der Waals surface area contributed by atoms with E-state index in [-0.39, 0.29) is 5.91 Å². The Morgan fingerprint density at radius 1 is 0.943 bits per heavy atom. The Kier molecular flexibility index (Phi) is 6.83. The summed E-state index contributed by atoms with van der Waals surface area (Å²) in [5.74, 6) is 0.0887. The molecule has 0 spiro atoms. The third-order valence-corrected chi connectivity index (χ3v) is 7.27. The van der Waals surface area contributed by atoms with Gasteiger partial charge in [-0.3, -0.25) is 4.79 Å². The molecule has 1 N–H and O–H groups in total. The SMILES string of the molecule is O=C(CCc1c(-c2ccc(Cl)cc2)nc2ccc(Cl)cn12)N1CCC(O)(Cc2ccccc2)CC1. The van der Waals surface area contributed by atoms with Crippen LogP contribution < -0.4 is 0 Å². The lowest BCUT2D eigenvalue weighted by molar-refractivity contribution is -0.135. The molecule has 7 heteroatoms. The molecule has 1 aliphatic heterocycles. The van der Waals surface area contributed by atoms with E-state index in [9.17, 15) is 9.90 Å². The summed E-state index contributed by atoms with van der Waals surface area (Å²) in [4.78, 5) is 19.8. The van der Waals surface area contributed by atoms with Crippen LogP contribution in [0.1, 0.15) is 30.5 Å². The normalized spacial score (nSPS) is 15.5. The molecule has 0 aliphatic carbocycles. The molecular formula is C28H27Cl2N3O2. The van der Waals surface area contributed by atoms with Crippen molar-refractivity contribution in [2.75, 3.05) is 13.1 Å². The number of hydrogen-bond donors (Lipinski definition) is 1. The van der Waals surface area contributed by atoms with E-state index in [2.05, 4.69) is 0 Å². The van der Waals surface area contributed by atoms with Gasteiger partial charge in [-0.25, -0.2) is 4.98 Å². The summed E-state index contributed by atoms with van der Waals surface area (Å²) in [6.07, 6.45) is 4.50. The summed E-state index contributed by atoms with van der Waals surface area (Å²) in [7, 11) is 0. The molecule has 1 saturated heterocycles. The van der Waals surface area contributed by atoms with Crippen molar-refractivity contribution in [1.82, 2.24) is 14.3 Å². The summed E-state index contributed by atoms with van der Waals surface area (Å²) in [6.45, 7) is 1.12. The first-order valence-electron chi connectivity index (χ1n) is 11.9. The zero-order chi connectivity index (χ0) is 24.4. The number of amides is 1. The van der Waals surface area contributed by atoms with Crippen LogP contribution in [-0.4, -0.2) is 44.0 Å². The van der Waals surface area contributed by atoms with Gasteiger partial charge in [0.2, 0.25) is 5.91 Å². The molecule has 2 aromatic carbocycles. The van der Waals surface area contributed by atoms with Crippen LogP contribution >= 0.6 is 23.2 Å². The smallest absolute Gasteiger partial charge is 0.222 e. The third-order valence-electron chi connectivity index (χ3n) is 6.80. The number of benzene rings is 2. The number of piperidine rings is 1. The van der Waals surface area contributed by atoms with Crippen molar-refractivity contribution in [1.29, 1.82) is 0 Å². The molecule has 180 valence electrons. The van der Waals surface area contributed by atoms with Gasteiger partial charge in [0.1, 0.15) is 5.65 Å². The Hall–Kier alpha value is -2.86. The highest BCUT2D eigenvalue weighted by Crippen LogP contribution is 2.30. The molecular weight excluding hydrogens is 481 g/mol. The van der Waals surface area contributed by atoms with Crippen molar-refractivity contribution >= 4 is 34.8 Å². The molecule has 1 amide bonds. The molecule has 0 saturated carbocycles. The second kappa shape index (κ2) is 10.0. The monoisotopic (exact) mass is 507 g/mol. The maximum absolute atomic E-state index is 13.1. The number of aryl methyl sites for hydroxylation is 1. The van der Waals surface area contributed by atoms with Crippen LogP contribution in [0.25, 0.3) is 16.9 Å². The number of imidazole rings is 1. The standard InChI is InChI=1S/C28H27Cl2N3O2/c29-22-8-6-21(7-9-22)27-24(33-19-23(30)10-12-25(33)31-27)11-13-26(34)32-16-14-28(35,15-17-32)18-20-4-2-1-3-5-20/h1-10,12,19,35H,11,13-18H2. The van der Waals surface area contributed by atoms with Gasteiger partial charge in [-0.1, -0.05) is 65.7 Å². The van der Waals surface area contributed by atoms with Gasteiger partial charge in [-0.15, -0.1) is 0 Å². The van der Waals surface area contributed by atoms with E-state index in [0.717, 1.165) is 28.2 Å². The van der Waals surface area contributed by atoms with E-state index < -0.39 is 5.60 Å². The number of rotatable bonds is 6. The van der Waals surface area contributed by atoms with Crippen molar-refractivity contribution in [3.8, 4) is 11.3 Å². The first-order valence-corrected chi connectivity index (χ1v) is 12.6. The summed E-state index contributed by atoms with van der Waals surface area (Å²) >= 11 is 12.4. The van der Waals surface area contributed by atoms with Crippen LogP contribution in [0, 0.1) is 0 Å². The van der Waals surface area contributed by atoms with Gasteiger partial charge >= 0.3 is 0 Å². The lowest BCUT2D eigenvalue weighted by Crippen LogP contribution is -2.47. The Morgan fingerprint density at radius 3 is 2.34 bits per heavy atom. The molecule has 4 aromatic rings. The highest BCUT2D eigenvalue weighted by Gasteiger charge is 2.34. The molecule has 2 aromatic heterocycles. The molecule has 0 atom stereocenters. The summed E-state index contributed by atoms with van der Waals surface area (Å²) in [5, 5.41) is 12.3. The van der Waals surface area contributed by atoms with Crippen LogP contribution in [0.15, 0.2) is 72.9 Å². The number of carbonyl (C=O) groups is 1. The number of pyridine rings is 1. The second-order valence-electron chi connectivity index (χ2n) is 9.26. The number of fused-ring (bicyclic) bond motifs is 1. The average Bonchev–Trinajstić information content (AvgIpc) is 3.21. The van der Waals surface area contributed by atoms with Gasteiger partial charge in [0.15, 0.2) is 0 Å². The number of aliphatic hydroxyl groups is 1. The Labute approximate surface area is 214 Å². The predicted octanol–water partition coefficient (Wildman–Crippen LogP) is 5.84. The van der Waals surface area contributed by atoms with E-state index in [4.69, 9.17) is 28.2 Å². The summed E-state index contributed by atoms with van der Waals surface area (Å²) in [6, 6.07) is 21.3. The first-order chi connectivity index (χ1) is 16.9. The molecule has 0 bridgehead atoms. The van der Waals surface area contributed by atoms with Crippen molar-refractivity contribution in [2.24, 2.45) is 0 Å². The Balaban J connectivity index is 1.29. The van der Waals surface area contributed by atoms with E-state index in [1.54, 1.807) is 0 Å². The van der Waals surface area contributed by atoms with Gasteiger partial charge in [0.25, 0.3) is 0 Å². The van der Waals surface area contributed by atoms with Crippen molar-refractivity contribution in [2.45, 2.75) is 37.7 Å². The van der Waals surface area contributed by atoms with E-state index in [1.165, 1.54) is 0 Å². The molecule has 35 heavy (non-hydrogen) atoms. The highest BCUT2D eigenvalue weighted by molar-refractivity contribution is 6.30. The number of nitrogens with zero attached hydrogens (tertiary/aromatic N) is 3. The zero-order valence-corrected chi connectivity index (χ0v) is 20.8. The topological polar surface area (TPSA) is 57.8 Å². The summed E-state index contributed by atoms with van der Waals surface area (Å²) < 4.78 is 1.97. The van der Waals surface area contributed by atoms with E-state index in [0.29, 0.717) is 55.2 Å². The van der Waals surface area contributed by atoms with E-state index in [1.807, 2.05) is 82.2 Å². The Bertz CT molecular complexity index is 1330. The summed E-state index contributed by atoms with van der Waals surface area (Å²) in [5.41, 5.74) is 3.85. The van der Waals surface area contributed by atoms with Crippen LogP contribution in [-0.2, 0) is 17.6 Å². The third kappa shape index (κ3) is 5.37. The average molecular weight is 508 g/mol.